The van der Waals surface area contributed by atoms with Crippen LogP contribution in [0.15, 0.2) is 24.4 Å². The van der Waals surface area contributed by atoms with Crippen molar-refractivity contribution in [2.45, 2.75) is 70.2 Å². The van der Waals surface area contributed by atoms with E-state index in [0.29, 0.717) is 0 Å². The topological polar surface area (TPSA) is 130 Å². The van der Waals surface area contributed by atoms with Crippen molar-refractivity contribution in [1.82, 2.24) is 20.4 Å². The summed E-state index contributed by atoms with van der Waals surface area (Å²) in [6.45, 7) is 5.40. The second-order valence-electron chi connectivity index (χ2n) is 9.52. The second-order valence-corrected chi connectivity index (χ2v) is 9.52. The van der Waals surface area contributed by atoms with Gasteiger partial charge in [-0.05, 0) is 57.6 Å². The minimum Gasteiger partial charge on any atom is -0.444 e. The van der Waals surface area contributed by atoms with Gasteiger partial charge < -0.3 is 15.8 Å². The highest BCUT2D eigenvalue weighted by Crippen LogP contribution is 2.43. The molecule has 0 radical (unpaired) electrons. The molecule has 9 heteroatoms. The Bertz CT molecular complexity index is 1010. The summed E-state index contributed by atoms with van der Waals surface area (Å²) in [6.07, 6.45) is 3.99. The van der Waals surface area contributed by atoms with E-state index in [1.54, 1.807) is 31.9 Å². The molecule has 1 saturated heterocycles. The highest BCUT2D eigenvalue weighted by molar-refractivity contribution is 5.92. The summed E-state index contributed by atoms with van der Waals surface area (Å²) in [5.41, 5.74) is 6.64. The fourth-order valence-corrected chi connectivity index (χ4v) is 4.73. The van der Waals surface area contributed by atoms with Gasteiger partial charge in [-0.2, -0.15) is 5.10 Å². The highest BCUT2D eigenvalue weighted by Gasteiger charge is 2.52. The average molecular weight is 428 g/mol. The number of carbonyl (C=O) groups excluding carboxylic acids is 3. The van der Waals surface area contributed by atoms with E-state index in [1.165, 1.54) is 0 Å². The van der Waals surface area contributed by atoms with Crippen molar-refractivity contribution in [2.24, 2.45) is 11.7 Å². The number of benzene rings is 1. The molecule has 4 rings (SSSR count). The molecule has 4 N–H and O–H groups in total. The number of nitrogens with two attached hydrogens (primary N) is 1. The molecule has 4 atom stereocenters. The first-order valence-corrected chi connectivity index (χ1v) is 10.7. The van der Waals surface area contributed by atoms with Crippen molar-refractivity contribution in [3.05, 3.63) is 30.0 Å². The van der Waals surface area contributed by atoms with Gasteiger partial charge in [0.2, 0.25) is 11.8 Å². The predicted molar refractivity (Wildman–Crippen MR) is 114 cm³/mol. The third-order valence-electron chi connectivity index (χ3n) is 6.06. The van der Waals surface area contributed by atoms with Gasteiger partial charge in [0.1, 0.15) is 17.7 Å². The maximum Gasteiger partial charge on any atom is 0.411 e. The lowest BCUT2D eigenvalue weighted by atomic mass is 9.97. The van der Waals surface area contributed by atoms with Gasteiger partial charge in [-0.15, -0.1) is 0 Å². The number of rotatable bonds is 5. The largest absolute Gasteiger partial charge is 0.444 e. The molecular formula is C22H29N5O4. The molecule has 2 fully saturated rings. The van der Waals surface area contributed by atoms with Crippen LogP contribution in [0.25, 0.3) is 10.9 Å². The van der Waals surface area contributed by atoms with Crippen molar-refractivity contribution in [2.75, 3.05) is 0 Å². The van der Waals surface area contributed by atoms with Crippen LogP contribution in [0.1, 0.15) is 45.6 Å². The van der Waals surface area contributed by atoms with Crippen LogP contribution in [0.5, 0.6) is 0 Å². The number of aromatic amines is 1. The van der Waals surface area contributed by atoms with E-state index in [0.717, 1.165) is 35.7 Å². The van der Waals surface area contributed by atoms with Crippen molar-refractivity contribution in [3.63, 3.8) is 0 Å². The maximum atomic E-state index is 13.2. The Morgan fingerprint density at radius 2 is 2.10 bits per heavy atom. The van der Waals surface area contributed by atoms with Crippen LogP contribution < -0.4 is 11.1 Å². The Morgan fingerprint density at radius 3 is 2.81 bits per heavy atom. The number of H-pyrrole nitrogens is 1. The van der Waals surface area contributed by atoms with Gasteiger partial charge in [-0.1, -0.05) is 12.1 Å². The van der Waals surface area contributed by atoms with Gasteiger partial charge in [0.25, 0.3) is 0 Å². The fourth-order valence-electron chi connectivity index (χ4n) is 4.73. The SMILES string of the molecule is CC(C)(C)OC(=O)N1[C@@H]2CC[C@@H](C2)[C@H]1C(=O)NC(Cc1ccc2cn[nH]c2c1)C(N)=O. The van der Waals surface area contributed by atoms with E-state index in [1.807, 2.05) is 18.2 Å². The normalized spacial score (nSPS) is 23.7. The molecule has 2 heterocycles. The second kappa shape index (κ2) is 7.86. The molecule has 0 spiro atoms. The van der Waals surface area contributed by atoms with Gasteiger partial charge in [-0.25, -0.2) is 4.79 Å². The predicted octanol–water partition coefficient (Wildman–Crippen LogP) is 1.86. The van der Waals surface area contributed by atoms with E-state index in [-0.39, 0.29) is 24.3 Å². The molecule has 9 nitrogen and oxygen atoms in total. The Hall–Kier alpha value is -3.10. The summed E-state index contributed by atoms with van der Waals surface area (Å²) in [6, 6.07) is 4.12. The van der Waals surface area contributed by atoms with E-state index < -0.39 is 29.7 Å². The number of nitrogens with zero attached hydrogens (tertiary/aromatic N) is 2. The molecule has 2 aliphatic rings. The summed E-state index contributed by atoms with van der Waals surface area (Å²) in [5, 5.41) is 10.6. The number of fused-ring (bicyclic) bond motifs is 3. The van der Waals surface area contributed by atoms with E-state index >= 15 is 0 Å². The zero-order valence-electron chi connectivity index (χ0n) is 18.1. The first-order chi connectivity index (χ1) is 14.6. The number of carbonyl (C=O) groups is 3. The Morgan fingerprint density at radius 1 is 1.32 bits per heavy atom. The number of ether oxygens (including phenoxy) is 1. The van der Waals surface area contributed by atoms with Crippen LogP contribution in [-0.2, 0) is 20.7 Å². The van der Waals surface area contributed by atoms with Gasteiger partial charge in [0.15, 0.2) is 0 Å². The van der Waals surface area contributed by atoms with Crippen LogP contribution in [-0.4, -0.2) is 56.7 Å². The molecule has 1 aliphatic carbocycles. The Kier molecular flexibility index (Phi) is 5.36. The molecule has 1 aromatic carbocycles. The van der Waals surface area contributed by atoms with Gasteiger partial charge in [0.05, 0.1) is 11.7 Å². The van der Waals surface area contributed by atoms with Crippen LogP contribution >= 0.6 is 0 Å². The summed E-state index contributed by atoms with van der Waals surface area (Å²) in [7, 11) is 0. The lowest BCUT2D eigenvalue weighted by molar-refractivity contribution is -0.132. The number of hydrogen-bond acceptors (Lipinski definition) is 5. The maximum absolute atomic E-state index is 13.2. The molecule has 1 unspecified atom stereocenters. The van der Waals surface area contributed by atoms with E-state index in [9.17, 15) is 14.4 Å². The van der Waals surface area contributed by atoms with E-state index in [4.69, 9.17) is 10.5 Å². The molecule has 2 aromatic rings. The third-order valence-corrected chi connectivity index (χ3v) is 6.06. The van der Waals surface area contributed by atoms with Crippen molar-refractivity contribution in [3.8, 4) is 0 Å². The number of primary amides is 1. The lowest BCUT2D eigenvalue weighted by Gasteiger charge is -2.36. The minimum absolute atomic E-state index is 0.00888. The molecule has 1 aromatic heterocycles. The Labute approximate surface area is 180 Å². The molecule has 1 aliphatic heterocycles. The third kappa shape index (κ3) is 4.35. The van der Waals surface area contributed by atoms with E-state index in [2.05, 4.69) is 15.5 Å². The molecule has 3 amide bonds. The quantitative estimate of drug-likeness (QED) is 0.670. The standard InChI is InChI=1S/C22H29N5O4/c1-22(2,3)31-21(30)27-15-7-6-13(10-15)18(27)20(29)25-17(19(23)28)9-12-4-5-14-11-24-26-16(14)8-12/h4-5,8,11,13,15,17-18H,6-7,9-10H2,1-3H3,(H2,23,28)(H,24,26)(H,25,29)/t13-,15+,17?,18-/m0/s1. The van der Waals surface area contributed by atoms with Crippen LogP contribution in [0.3, 0.4) is 0 Å². The molecule has 1 saturated carbocycles. The number of nitrogens with one attached hydrogen (secondary N) is 2. The number of likely N-dealkylation sites (tertiary alicyclic amines) is 1. The highest BCUT2D eigenvalue weighted by atomic mass is 16.6. The summed E-state index contributed by atoms with van der Waals surface area (Å²) < 4.78 is 5.54. The monoisotopic (exact) mass is 427 g/mol. The molecule has 2 bridgehead atoms. The zero-order valence-corrected chi connectivity index (χ0v) is 18.1. The van der Waals surface area contributed by atoms with Crippen molar-refractivity contribution >= 4 is 28.8 Å². The number of hydrogen-bond donors (Lipinski definition) is 3. The van der Waals surface area contributed by atoms with Gasteiger partial charge in [-0.3, -0.25) is 19.6 Å². The average Bonchev–Trinajstić information content (AvgIpc) is 3.40. The minimum atomic E-state index is -0.882. The molecule has 166 valence electrons. The lowest BCUT2D eigenvalue weighted by Crippen LogP contribution is -2.57. The van der Waals surface area contributed by atoms with Crippen LogP contribution in [0, 0.1) is 5.92 Å². The first-order valence-electron chi connectivity index (χ1n) is 10.7. The van der Waals surface area contributed by atoms with Gasteiger partial charge in [0, 0.05) is 17.8 Å². The number of piperidine rings is 1. The summed E-state index contributed by atoms with van der Waals surface area (Å²) in [4.78, 5) is 39.7. The summed E-state index contributed by atoms with van der Waals surface area (Å²) >= 11 is 0. The number of amides is 3. The smallest absolute Gasteiger partial charge is 0.411 e. The molecule has 31 heavy (non-hydrogen) atoms. The van der Waals surface area contributed by atoms with Crippen LogP contribution in [0.4, 0.5) is 4.79 Å². The fraction of sp³-hybridized carbons (Fsp3) is 0.545. The van der Waals surface area contributed by atoms with Crippen molar-refractivity contribution < 1.29 is 19.1 Å². The Balaban J connectivity index is 1.49. The first kappa shape index (κ1) is 21.1. The zero-order chi connectivity index (χ0) is 22.3. The molecular weight excluding hydrogens is 398 g/mol. The number of aromatic nitrogens is 2. The summed E-state index contributed by atoms with van der Waals surface area (Å²) in [5.74, 6) is -0.915. The van der Waals surface area contributed by atoms with Gasteiger partial charge >= 0.3 is 6.09 Å². The van der Waals surface area contributed by atoms with Crippen LogP contribution in [0.2, 0.25) is 0 Å². The van der Waals surface area contributed by atoms with Crippen molar-refractivity contribution in [1.29, 1.82) is 0 Å².